The first kappa shape index (κ1) is 16.2. The van der Waals surface area contributed by atoms with Gasteiger partial charge in [0.05, 0.1) is 11.8 Å². The number of nitrogens with zero attached hydrogens (tertiary/aromatic N) is 3. The van der Waals surface area contributed by atoms with Gasteiger partial charge in [-0.15, -0.1) is 0 Å². The van der Waals surface area contributed by atoms with Gasteiger partial charge in [0.15, 0.2) is 0 Å². The van der Waals surface area contributed by atoms with Crippen LogP contribution in [0.4, 0.5) is 0 Å². The molecule has 1 atom stereocenters. The molecule has 1 aliphatic heterocycles. The fraction of sp³-hybridized carbons (Fsp3) is 0.444. The third-order valence-corrected chi connectivity index (χ3v) is 6.27. The molecule has 0 unspecified atom stereocenters. The molecule has 1 aliphatic carbocycles. The average molecular weight is 356 g/mol. The van der Waals surface area contributed by atoms with Crippen LogP contribution in [0.2, 0.25) is 0 Å². The Bertz CT molecular complexity index is 755. The zero-order valence-corrected chi connectivity index (χ0v) is 14.7. The second-order valence-corrected chi connectivity index (χ2v) is 7.60. The molecule has 2 amide bonds. The summed E-state index contributed by atoms with van der Waals surface area (Å²) in [5.74, 6) is -0.0375. The first-order valence-electron chi connectivity index (χ1n) is 8.56. The van der Waals surface area contributed by atoms with Crippen LogP contribution in [0, 0.1) is 5.41 Å². The van der Waals surface area contributed by atoms with Crippen molar-refractivity contribution in [1.82, 2.24) is 20.2 Å². The van der Waals surface area contributed by atoms with Crippen LogP contribution in [0.1, 0.15) is 46.5 Å². The molecule has 3 heterocycles. The number of amides is 2. The van der Waals surface area contributed by atoms with Crippen LogP contribution in [-0.4, -0.2) is 45.8 Å². The van der Waals surface area contributed by atoms with Crippen LogP contribution in [-0.2, 0) is 0 Å². The molecule has 1 saturated heterocycles. The lowest BCUT2D eigenvalue weighted by atomic mass is 9.59. The number of hydrogen-bond acceptors (Lipinski definition) is 5. The van der Waals surface area contributed by atoms with Crippen molar-refractivity contribution in [2.75, 3.05) is 13.1 Å². The van der Waals surface area contributed by atoms with Gasteiger partial charge >= 0.3 is 0 Å². The zero-order valence-electron chi connectivity index (χ0n) is 13.9. The van der Waals surface area contributed by atoms with Crippen LogP contribution in [0.25, 0.3) is 0 Å². The summed E-state index contributed by atoms with van der Waals surface area (Å²) in [6.45, 7) is 1.51. The van der Waals surface area contributed by atoms with E-state index in [-0.39, 0.29) is 23.3 Å². The summed E-state index contributed by atoms with van der Waals surface area (Å²) in [7, 11) is 0. The number of rotatable bonds is 3. The number of likely N-dealkylation sites (tertiary alicyclic amines) is 1. The van der Waals surface area contributed by atoms with Crippen molar-refractivity contribution in [3.05, 3.63) is 46.7 Å². The van der Waals surface area contributed by atoms with Crippen LogP contribution in [0.15, 0.2) is 35.4 Å². The Morgan fingerprint density at radius 3 is 2.68 bits per heavy atom. The van der Waals surface area contributed by atoms with Gasteiger partial charge < -0.3 is 10.2 Å². The number of hydrogen-bond donors (Lipinski definition) is 1. The van der Waals surface area contributed by atoms with Gasteiger partial charge in [0, 0.05) is 36.9 Å². The first-order chi connectivity index (χ1) is 12.2. The topological polar surface area (TPSA) is 75.2 Å². The summed E-state index contributed by atoms with van der Waals surface area (Å²) < 4.78 is 0. The van der Waals surface area contributed by atoms with E-state index in [0.717, 1.165) is 44.3 Å². The number of carbonyl (C=O) groups is 2. The number of nitrogens with one attached hydrogen (secondary N) is 1. The normalized spacial score (nSPS) is 21.6. The molecule has 2 aliphatic rings. The van der Waals surface area contributed by atoms with Crippen molar-refractivity contribution < 1.29 is 9.59 Å². The minimum absolute atomic E-state index is 0.121. The summed E-state index contributed by atoms with van der Waals surface area (Å²) in [4.78, 5) is 34.7. The SMILES string of the molecule is O=C(N[C@@H]1CCC12CCN(C(=O)c1ccsc1)CC2)c1cnccn1. The van der Waals surface area contributed by atoms with E-state index in [1.54, 1.807) is 17.5 Å². The fourth-order valence-electron chi connectivity index (χ4n) is 3.89. The molecule has 1 spiro atoms. The van der Waals surface area contributed by atoms with Gasteiger partial charge in [-0.25, -0.2) is 4.98 Å². The molecule has 0 aromatic carbocycles. The monoisotopic (exact) mass is 356 g/mol. The highest BCUT2D eigenvalue weighted by atomic mass is 32.1. The van der Waals surface area contributed by atoms with Gasteiger partial charge in [-0.3, -0.25) is 14.6 Å². The molecule has 6 nitrogen and oxygen atoms in total. The Labute approximate surface area is 150 Å². The number of thiophene rings is 1. The van der Waals surface area contributed by atoms with Crippen molar-refractivity contribution in [3.63, 3.8) is 0 Å². The van der Waals surface area contributed by atoms with Gasteiger partial charge in [-0.1, -0.05) is 0 Å². The van der Waals surface area contributed by atoms with E-state index in [0.29, 0.717) is 5.69 Å². The molecule has 4 rings (SSSR count). The summed E-state index contributed by atoms with van der Waals surface area (Å²) in [5.41, 5.74) is 1.26. The van der Waals surface area contributed by atoms with Gasteiger partial charge in [-0.2, -0.15) is 11.3 Å². The molecule has 2 aromatic heterocycles. The third-order valence-electron chi connectivity index (χ3n) is 5.59. The maximum absolute atomic E-state index is 12.5. The molecule has 25 heavy (non-hydrogen) atoms. The van der Waals surface area contributed by atoms with E-state index >= 15 is 0 Å². The quantitative estimate of drug-likeness (QED) is 0.916. The Kier molecular flexibility index (Phi) is 4.25. The predicted molar refractivity (Wildman–Crippen MR) is 94.4 cm³/mol. The Morgan fingerprint density at radius 2 is 2.08 bits per heavy atom. The number of piperidine rings is 1. The lowest BCUT2D eigenvalue weighted by Crippen LogP contribution is -2.59. The second-order valence-electron chi connectivity index (χ2n) is 6.82. The molecule has 1 saturated carbocycles. The zero-order chi connectivity index (χ0) is 17.3. The summed E-state index contributed by atoms with van der Waals surface area (Å²) in [6.07, 6.45) is 8.55. The van der Waals surface area contributed by atoms with E-state index in [2.05, 4.69) is 15.3 Å². The van der Waals surface area contributed by atoms with E-state index in [1.165, 1.54) is 12.4 Å². The lowest BCUT2D eigenvalue weighted by Gasteiger charge is -2.54. The largest absolute Gasteiger partial charge is 0.347 e. The standard InChI is InChI=1S/C18H20N4O2S/c23-16(14-11-19-6-7-20-14)21-15-1-3-18(15)4-8-22(9-5-18)17(24)13-2-10-25-12-13/h2,6-7,10-12,15H,1,3-5,8-9H2,(H,21,23)/t15-/m1/s1. The maximum atomic E-state index is 12.5. The van der Waals surface area contributed by atoms with Crippen LogP contribution < -0.4 is 5.32 Å². The third kappa shape index (κ3) is 3.04. The van der Waals surface area contributed by atoms with E-state index < -0.39 is 0 Å². The Morgan fingerprint density at radius 1 is 1.24 bits per heavy atom. The van der Waals surface area contributed by atoms with E-state index in [9.17, 15) is 9.59 Å². The summed E-state index contributed by atoms with van der Waals surface area (Å²) >= 11 is 1.55. The van der Waals surface area contributed by atoms with Crippen molar-refractivity contribution in [2.24, 2.45) is 5.41 Å². The maximum Gasteiger partial charge on any atom is 0.271 e. The number of aromatic nitrogens is 2. The number of carbonyl (C=O) groups excluding carboxylic acids is 2. The van der Waals surface area contributed by atoms with Crippen LogP contribution in [0.5, 0.6) is 0 Å². The minimum atomic E-state index is -0.158. The van der Waals surface area contributed by atoms with Crippen LogP contribution in [0.3, 0.4) is 0 Å². The van der Waals surface area contributed by atoms with Crippen LogP contribution >= 0.6 is 11.3 Å². The first-order valence-corrected chi connectivity index (χ1v) is 9.51. The average Bonchev–Trinajstić information content (AvgIpc) is 3.20. The summed E-state index contributed by atoms with van der Waals surface area (Å²) in [6, 6.07) is 2.05. The van der Waals surface area contributed by atoms with Crippen molar-refractivity contribution in [3.8, 4) is 0 Å². The summed E-state index contributed by atoms with van der Waals surface area (Å²) in [5, 5.41) is 6.96. The lowest BCUT2D eigenvalue weighted by molar-refractivity contribution is -0.00238. The molecule has 2 aromatic rings. The molecule has 0 bridgehead atoms. The molecule has 7 heteroatoms. The minimum Gasteiger partial charge on any atom is -0.347 e. The molecule has 0 radical (unpaired) electrons. The van der Waals surface area contributed by atoms with E-state index in [1.807, 2.05) is 21.7 Å². The highest BCUT2D eigenvalue weighted by molar-refractivity contribution is 7.08. The van der Waals surface area contributed by atoms with Crippen molar-refractivity contribution in [2.45, 2.75) is 31.7 Å². The molecule has 2 fully saturated rings. The van der Waals surface area contributed by atoms with Crippen molar-refractivity contribution >= 4 is 23.2 Å². The van der Waals surface area contributed by atoms with E-state index in [4.69, 9.17) is 0 Å². The van der Waals surface area contributed by atoms with Gasteiger partial charge in [0.25, 0.3) is 11.8 Å². The van der Waals surface area contributed by atoms with Gasteiger partial charge in [-0.05, 0) is 42.5 Å². The molecule has 1 N–H and O–H groups in total. The fourth-order valence-corrected chi connectivity index (χ4v) is 4.52. The van der Waals surface area contributed by atoms with Gasteiger partial charge in [0.2, 0.25) is 0 Å². The van der Waals surface area contributed by atoms with Gasteiger partial charge in [0.1, 0.15) is 5.69 Å². The Hall–Kier alpha value is -2.28. The second kappa shape index (κ2) is 6.55. The molecular weight excluding hydrogens is 336 g/mol. The molecule has 130 valence electrons. The van der Waals surface area contributed by atoms with Crippen molar-refractivity contribution in [1.29, 1.82) is 0 Å². The predicted octanol–water partition coefficient (Wildman–Crippen LogP) is 2.35. The molecular formula is C18H20N4O2S. The highest BCUT2D eigenvalue weighted by Gasteiger charge is 2.49. The Balaban J connectivity index is 1.36. The highest BCUT2D eigenvalue weighted by Crippen LogP contribution is 2.49. The smallest absolute Gasteiger partial charge is 0.271 e.